The highest BCUT2D eigenvalue weighted by Gasteiger charge is 2.09. The average Bonchev–Trinajstić information content (AvgIpc) is 3.14. The Morgan fingerprint density at radius 2 is 1.22 bits per heavy atom. The zero-order valence-electron chi connectivity index (χ0n) is 21.1. The molecule has 0 saturated carbocycles. The van der Waals surface area contributed by atoms with E-state index < -0.39 is 0 Å². The molecule has 9 nitrogen and oxygen atoms in total. The molecule has 0 N–H and O–H groups in total. The molecule has 0 unspecified atom stereocenters. The van der Waals surface area contributed by atoms with Crippen LogP contribution in [-0.2, 0) is 41.6 Å². The molecule has 1 aromatic rings. The van der Waals surface area contributed by atoms with Gasteiger partial charge in [0.2, 0.25) is 0 Å². The molecule has 32 heavy (non-hydrogen) atoms. The predicted molar refractivity (Wildman–Crippen MR) is 123 cm³/mol. The Morgan fingerprint density at radius 3 is 1.81 bits per heavy atom. The summed E-state index contributed by atoms with van der Waals surface area (Å²) in [5.41, 5.74) is 0.962. The molecule has 0 saturated heterocycles. The first kappa shape index (κ1) is 28.9. The number of aromatic nitrogens is 3. The predicted octanol–water partition coefficient (Wildman–Crippen LogP) is 3.11. The highest BCUT2D eigenvalue weighted by molar-refractivity contribution is 4.89. The maximum Gasteiger partial charge on any atom is 0.108 e. The molecule has 0 amide bonds. The molecule has 9 heteroatoms. The van der Waals surface area contributed by atoms with Gasteiger partial charge in [0.05, 0.1) is 84.4 Å². The van der Waals surface area contributed by atoms with Crippen LogP contribution in [-0.4, -0.2) is 86.7 Å². The van der Waals surface area contributed by atoms with Gasteiger partial charge in [-0.3, -0.25) is 0 Å². The van der Waals surface area contributed by atoms with Gasteiger partial charge in [0.25, 0.3) is 0 Å². The van der Waals surface area contributed by atoms with E-state index in [1.807, 2.05) is 27.0 Å². The molecule has 0 spiro atoms. The van der Waals surface area contributed by atoms with Gasteiger partial charge in [-0.25, -0.2) is 4.68 Å². The molecule has 0 aliphatic heterocycles. The van der Waals surface area contributed by atoms with Crippen molar-refractivity contribution in [3.05, 3.63) is 11.9 Å². The third-order valence-electron chi connectivity index (χ3n) is 4.18. The molecule has 0 radical (unpaired) electrons. The minimum atomic E-state index is -0.135. The van der Waals surface area contributed by atoms with Crippen LogP contribution >= 0.6 is 0 Å². The Kier molecular flexibility index (Phi) is 14.9. The maximum atomic E-state index is 5.61. The van der Waals surface area contributed by atoms with Crippen molar-refractivity contribution < 1.29 is 28.4 Å². The third kappa shape index (κ3) is 18.5. The van der Waals surface area contributed by atoms with E-state index in [1.165, 1.54) is 0 Å². The first-order valence-electron chi connectivity index (χ1n) is 11.6. The molecule has 0 bridgehead atoms. The Labute approximate surface area is 194 Å². The standard InChI is InChI=1S/C23H45N3O6/c1-22(2,3)7-9-27-11-12-29-13-14-30-15-16-31-20-21-19-26(25-24-21)8-10-28-17-18-32-23(4,5)6/h19H,7-18,20H2,1-6H3. The number of hydrogen-bond donors (Lipinski definition) is 0. The fourth-order valence-corrected chi connectivity index (χ4v) is 2.40. The summed E-state index contributed by atoms with van der Waals surface area (Å²) in [5, 5.41) is 8.18. The summed E-state index contributed by atoms with van der Waals surface area (Å²) in [7, 11) is 0. The number of nitrogens with zero attached hydrogens (tertiary/aromatic N) is 3. The van der Waals surface area contributed by atoms with Crippen LogP contribution in [0.1, 0.15) is 53.7 Å². The van der Waals surface area contributed by atoms with Crippen molar-refractivity contribution in [1.29, 1.82) is 0 Å². The van der Waals surface area contributed by atoms with E-state index >= 15 is 0 Å². The molecular weight excluding hydrogens is 414 g/mol. The molecule has 1 rings (SSSR count). The lowest BCUT2D eigenvalue weighted by Gasteiger charge is -2.19. The summed E-state index contributed by atoms with van der Waals surface area (Å²) in [5.74, 6) is 0. The summed E-state index contributed by atoms with van der Waals surface area (Å²) in [6, 6.07) is 0. The van der Waals surface area contributed by atoms with Gasteiger partial charge in [-0.15, -0.1) is 5.10 Å². The van der Waals surface area contributed by atoms with Crippen LogP contribution in [0.5, 0.6) is 0 Å². The van der Waals surface area contributed by atoms with Crippen LogP contribution < -0.4 is 0 Å². The summed E-state index contributed by atoms with van der Waals surface area (Å²) >= 11 is 0. The second-order valence-corrected chi connectivity index (χ2v) is 9.75. The SMILES string of the molecule is CC(C)(C)CCOCCOCCOCCOCc1cn(CCOCCOC(C)(C)C)nn1. The normalized spacial score (nSPS) is 12.6. The van der Waals surface area contributed by atoms with E-state index in [-0.39, 0.29) is 5.60 Å². The second-order valence-electron chi connectivity index (χ2n) is 9.75. The largest absolute Gasteiger partial charge is 0.379 e. The zero-order chi connectivity index (χ0) is 23.7. The van der Waals surface area contributed by atoms with Crippen molar-refractivity contribution in [1.82, 2.24) is 15.0 Å². The second kappa shape index (κ2) is 16.5. The summed E-state index contributed by atoms with van der Waals surface area (Å²) in [4.78, 5) is 0. The van der Waals surface area contributed by atoms with E-state index in [9.17, 15) is 0 Å². The minimum absolute atomic E-state index is 0.135. The molecule has 0 aliphatic rings. The van der Waals surface area contributed by atoms with Crippen molar-refractivity contribution in [2.45, 2.75) is 66.7 Å². The molecule has 1 aromatic heterocycles. The lowest BCUT2D eigenvalue weighted by Crippen LogP contribution is -2.22. The van der Waals surface area contributed by atoms with E-state index in [2.05, 4.69) is 31.1 Å². The third-order valence-corrected chi connectivity index (χ3v) is 4.18. The number of hydrogen-bond acceptors (Lipinski definition) is 8. The highest BCUT2D eigenvalue weighted by atomic mass is 16.6. The monoisotopic (exact) mass is 459 g/mol. The fourth-order valence-electron chi connectivity index (χ4n) is 2.40. The van der Waals surface area contributed by atoms with Gasteiger partial charge >= 0.3 is 0 Å². The Balaban J connectivity index is 1.88. The number of ether oxygens (including phenoxy) is 6. The van der Waals surface area contributed by atoms with Gasteiger partial charge in [0, 0.05) is 6.61 Å². The van der Waals surface area contributed by atoms with Crippen LogP contribution in [0.2, 0.25) is 0 Å². The smallest absolute Gasteiger partial charge is 0.108 e. The van der Waals surface area contributed by atoms with Crippen molar-refractivity contribution in [2.75, 3.05) is 66.1 Å². The average molecular weight is 460 g/mol. The highest BCUT2D eigenvalue weighted by Crippen LogP contribution is 2.17. The van der Waals surface area contributed by atoms with Crippen molar-refractivity contribution in [3.63, 3.8) is 0 Å². The lowest BCUT2D eigenvalue weighted by molar-refractivity contribution is -0.0359. The Bertz CT molecular complexity index is 569. The molecule has 0 atom stereocenters. The number of rotatable bonds is 19. The van der Waals surface area contributed by atoms with E-state index in [4.69, 9.17) is 28.4 Å². The summed E-state index contributed by atoms with van der Waals surface area (Å²) < 4.78 is 35.0. The molecule has 0 fully saturated rings. The molecule has 188 valence electrons. The first-order valence-corrected chi connectivity index (χ1v) is 11.6. The lowest BCUT2D eigenvalue weighted by atomic mass is 9.93. The van der Waals surface area contributed by atoms with E-state index in [0.29, 0.717) is 78.0 Å². The zero-order valence-corrected chi connectivity index (χ0v) is 21.1. The Morgan fingerprint density at radius 1 is 0.688 bits per heavy atom. The molecular formula is C23H45N3O6. The van der Waals surface area contributed by atoms with Gasteiger partial charge < -0.3 is 28.4 Å². The van der Waals surface area contributed by atoms with Crippen LogP contribution in [0.4, 0.5) is 0 Å². The summed E-state index contributed by atoms with van der Waals surface area (Å²) in [6.07, 6.45) is 2.92. The van der Waals surface area contributed by atoms with E-state index in [1.54, 1.807) is 4.68 Å². The van der Waals surface area contributed by atoms with Crippen molar-refractivity contribution in [2.24, 2.45) is 5.41 Å². The van der Waals surface area contributed by atoms with Gasteiger partial charge in [0.15, 0.2) is 0 Å². The maximum absolute atomic E-state index is 5.61. The van der Waals surface area contributed by atoms with Gasteiger partial charge in [-0.1, -0.05) is 26.0 Å². The molecule has 0 aliphatic carbocycles. The van der Waals surface area contributed by atoms with Gasteiger partial charge in [0.1, 0.15) is 5.69 Å². The minimum Gasteiger partial charge on any atom is -0.379 e. The van der Waals surface area contributed by atoms with E-state index in [0.717, 1.165) is 18.7 Å². The fraction of sp³-hybridized carbons (Fsp3) is 0.913. The summed E-state index contributed by atoms with van der Waals surface area (Å²) in [6.45, 7) is 19.6. The van der Waals surface area contributed by atoms with Crippen LogP contribution in [0.3, 0.4) is 0 Å². The van der Waals surface area contributed by atoms with Crippen molar-refractivity contribution >= 4 is 0 Å². The van der Waals surface area contributed by atoms with Crippen LogP contribution in [0, 0.1) is 5.41 Å². The first-order chi connectivity index (χ1) is 15.2. The molecule has 1 heterocycles. The van der Waals surface area contributed by atoms with Crippen LogP contribution in [0.15, 0.2) is 6.20 Å². The Hall–Kier alpha value is -1.10. The van der Waals surface area contributed by atoms with Crippen molar-refractivity contribution in [3.8, 4) is 0 Å². The molecule has 0 aromatic carbocycles. The van der Waals surface area contributed by atoms with Gasteiger partial charge in [-0.2, -0.15) is 0 Å². The van der Waals surface area contributed by atoms with Crippen LogP contribution in [0.25, 0.3) is 0 Å². The quantitative estimate of drug-likeness (QED) is 0.292. The van der Waals surface area contributed by atoms with Gasteiger partial charge in [-0.05, 0) is 32.6 Å². The topological polar surface area (TPSA) is 86.1 Å².